The summed E-state index contributed by atoms with van der Waals surface area (Å²) in [6.07, 6.45) is -4.25. The fourth-order valence-electron chi connectivity index (χ4n) is 1.80. The van der Waals surface area contributed by atoms with E-state index in [1.54, 1.807) is 18.2 Å². The van der Waals surface area contributed by atoms with E-state index >= 15 is 0 Å². The van der Waals surface area contributed by atoms with E-state index in [0.29, 0.717) is 11.1 Å². The summed E-state index contributed by atoms with van der Waals surface area (Å²) in [6.45, 7) is 0. The second-order valence-corrected chi connectivity index (χ2v) is 4.22. The Kier molecular flexibility index (Phi) is 3.38. The second-order valence-electron chi connectivity index (χ2n) is 4.22. The maximum absolute atomic E-state index is 12.6. The Balaban J connectivity index is 2.38. The molecule has 2 aromatic carbocycles. The first kappa shape index (κ1) is 13.3. The molecule has 0 bridgehead atoms. The lowest BCUT2D eigenvalue weighted by molar-refractivity contribution is -0.137. The molecule has 0 saturated carbocycles. The van der Waals surface area contributed by atoms with Crippen molar-refractivity contribution in [3.05, 3.63) is 59.2 Å². The van der Waals surface area contributed by atoms with Gasteiger partial charge in [-0.3, -0.25) is 0 Å². The van der Waals surface area contributed by atoms with Crippen molar-refractivity contribution < 1.29 is 18.3 Å². The minimum absolute atomic E-state index is 0.0410. The Labute approximate surface area is 108 Å². The van der Waals surface area contributed by atoms with Gasteiger partial charge in [0, 0.05) is 12.1 Å². The zero-order valence-corrected chi connectivity index (χ0v) is 9.91. The van der Waals surface area contributed by atoms with Crippen LogP contribution in [0.25, 0.3) is 0 Å². The summed E-state index contributed by atoms with van der Waals surface area (Å²) < 4.78 is 37.9. The van der Waals surface area contributed by atoms with Crippen LogP contribution in [0.3, 0.4) is 0 Å². The van der Waals surface area contributed by atoms with Gasteiger partial charge in [0.25, 0.3) is 0 Å². The molecule has 3 N–H and O–H groups in total. The number of anilines is 1. The highest BCUT2D eigenvalue weighted by Gasteiger charge is 2.30. The van der Waals surface area contributed by atoms with Crippen LogP contribution in [0.2, 0.25) is 0 Å². The van der Waals surface area contributed by atoms with E-state index < -0.39 is 11.7 Å². The highest BCUT2D eigenvalue weighted by molar-refractivity contribution is 5.52. The SMILES string of the molecule is Nc1ccc(C(F)(F)F)cc1Cc1ccccc1O. The number of para-hydroxylation sites is 1. The number of phenolic OH excluding ortho intramolecular Hbond substituents is 1. The van der Waals surface area contributed by atoms with Gasteiger partial charge in [0.15, 0.2) is 0 Å². The number of alkyl halides is 3. The molecule has 0 aromatic heterocycles. The van der Waals surface area contributed by atoms with Gasteiger partial charge in [-0.25, -0.2) is 0 Å². The molecule has 0 spiro atoms. The summed E-state index contributed by atoms with van der Waals surface area (Å²) in [6, 6.07) is 9.69. The quantitative estimate of drug-likeness (QED) is 0.817. The molecule has 0 amide bonds. The number of rotatable bonds is 2. The fourth-order valence-corrected chi connectivity index (χ4v) is 1.80. The molecule has 19 heavy (non-hydrogen) atoms. The summed E-state index contributed by atoms with van der Waals surface area (Å²) in [7, 11) is 0. The number of aromatic hydroxyl groups is 1. The first-order valence-electron chi connectivity index (χ1n) is 5.60. The molecular formula is C14H12F3NO. The van der Waals surface area contributed by atoms with Crippen molar-refractivity contribution in [3.63, 3.8) is 0 Å². The topological polar surface area (TPSA) is 46.2 Å². The summed E-state index contributed by atoms with van der Waals surface area (Å²) in [5, 5.41) is 9.63. The van der Waals surface area contributed by atoms with Gasteiger partial charge in [0.1, 0.15) is 5.75 Å². The van der Waals surface area contributed by atoms with Gasteiger partial charge in [-0.2, -0.15) is 13.2 Å². The van der Waals surface area contributed by atoms with Gasteiger partial charge in [-0.15, -0.1) is 0 Å². The van der Waals surface area contributed by atoms with Crippen LogP contribution in [0.4, 0.5) is 18.9 Å². The molecule has 0 fully saturated rings. The number of hydrogen-bond acceptors (Lipinski definition) is 2. The van der Waals surface area contributed by atoms with E-state index in [0.717, 1.165) is 12.1 Å². The minimum Gasteiger partial charge on any atom is -0.508 e. The minimum atomic E-state index is -4.40. The number of hydrogen-bond donors (Lipinski definition) is 2. The third-order valence-corrected chi connectivity index (χ3v) is 2.84. The molecular weight excluding hydrogens is 255 g/mol. The molecule has 2 rings (SSSR count). The van der Waals surface area contributed by atoms with Gasteiger partial charge in [0.2, 0.25) is 0 Å². The average molecular weight is 267 g/mol. The van der Waals surface area contributed by atoms with Gasteiger partial charge in [-0.05, 0) is 35.4 Å². The first-order chi connectivity index (χ1) is 8.88. The van der Waals surface area contributed by atoms with Crippen molar-refractivity contribution in [2.24, 2.45) is 0 Å². The molecule has 0 aliphatic rings. The Bertz CT molecular complexity index is 593. The van der Waals surface area contributed by atoms with Crippen LogP contribution < -0.4 is 5.73 Å². The van der Waals surface area contributed by atoms with E-state index in [4.69, 9.17) is 5.73 Å². The van der Waals surface area contributed by atoms with Crippen molar-refractivity contribution in [2.75, 3.05) is 5.73 Å². The van der Waals surface area contributed by atoms with Crippen LogP contribution >= 0.6 is 0 Å². The molecule has 0 saturated heterocycles. The second kappa shape index (κ2) is 4.84. The van der Waals surface area contributed by atoms with E-state index in [-0.39, 0.29) is 17.9 Å². The van der Waals surface area contributed by atoms with Gasteiger partial charge < -0.3 is 10.8 Å². The zero-order chi connectivity index (χ0) is 14.0. The Hall–Kier alpha value is -2.17. The summed E-state index contributed by atoms with van der Waals surface area (Å²) >= 11 is 0. The fraction of sp³-hybridized carbons (Fsp3) is 0.143. The summed E-state index contributed by atoms with van der Waals surface area (Å²) in [5.74, 6) is 0.0410. The molecule has 100 valence electrons. The maximum atomic E-state index is 12.6. The van der Waals surface area contributed by atoms with Crippen LogP contribution in [0.1, 0.15) is 16.7 Å². The molecule has 0 aliphatic heterocycles. The number of benzene rings is 2. The molecule has 0 aliphatic carbocycles. The van der Waals surface area contributed by atoms with E-state index in [2.05, 4.69) is 0 Å². The molecule has 0 heterocycles. The van der Waals surface area contributed by atoms with Crippen LogP contribution in [0, 0.1) is 0 Å². The normalized spacial score (nSPS) is 11.5. The Morgan fingerprint density at radius 2 is 1.68 bits per heavy atom. The molecule has 0 radical (unpaired) electrons. The summed E-state index contributed by atoms with van der Waals surface area (Å²) in [4.78, 5) is 0. The largest absolute Gasteiger partial charge is 0.508 e. The number of nitrogen functional groups attached to an aromatic ring is 1. The predicted molar refractivity (Wildman–Crippen MR) is 66.8 cm³/mol. The van der Waals surface area contributed by atoms with Crippen molar-refractivity contribution in [1.82, 2.24) is 0 Å². The molecule has 5 heteroatoms. The van der Waals surface area contributed by atoms with E-state index in [1.165, 1.54) is 12.1 Å². The number of halogens is 3. The van der Waals surface area contributed by atoms with Gasteiger partial charge >= 0.3 is 6.18 Å². The van der Waals surface area contributed by atoms with Gasteiger partial charge in [-0.1, -0.05) is 18.2 Å². The maximum Gasteiger partial charge on any atom is 0.416 e. The zero-order valence-electron chi connectivity index (χ0n) is 9.91. The lowest BCUT2D eigenvalue weighted by Crippen LogP contribution is -2.07. The first-order valence-corrected chi connectivity index (χ1v) is 5.60. The van der Waals surface area contributed by atoms with Crippen LogP contribution in [-0.4, -0.2) is 5.11 Å². The van der Waals surface area contributed by atoms with Crippen LogP contribution in [0.5, 0.6) is 5.75 Å². The van der Waals surface area contributed by atoms with Crippen LogP contribution in [0.15, 0.2) is 42.5 Å². The van der Waals surface area contributed by atoms with Gasteiger partial charge in [0.05, 0.1) is 5.56 Å². The standard InChI is InChI=1S/C14H12F3NO/c15-14(16,17)11-5-6-12(18)10(8-11)7-9-3-1-2-4-13(9)19/h1-6,8,19H,7,18H2. The third-order valence-electron chi connectivity index (χ3n) is 2.84. The van der Waals surface area contributed by atoms with E-state index in [1.807, 2.05) is 0 Å². The average Bonchev–Trinajstić information content (AvgIpc) is 2.33. The number of phenols is 1. The van der Waals surface area contributed by atoms with E-state index in [9.17, 15) is 18.3 Å². The molecule has 0 atom stereocenters. The van der Waals surface area contributed by atoms with Crippen molar-refractivity contribution in [3.8, 4) is 5.75 Å². The smallest absolute Gasteiger partial charge is 0.416 e. The Morgan fingerprint density at radius 1 is 1.00 bits per heavy atom. The third kappa shape index (κ3) is 2.99. The number of nitrogens with two attached hydrogens (primary N) is 1. The van der Waals surface area contributed by atoms with Crippen molar-refractivity contribution in [2.45, 2.75) is 12.6 Å². The van der Waals surface area contributed by atoms with Crippen molar-refractivity contribution >= 4 is 5.69 Å². The molecule has 2 aromatic rings. The summed E-state index contributed by atoms with van der Waals surface area (Å²) in [5.41, 5.74) is 6.09. The van der Waals surface area contributed by atoms with Crippen LogP contribution in [-0.2, 0) is 12.6 Å². The molecule has 2 nitrogen and oxygen atoms in total. The monoisotopic (exact) mass is 267 g/mol. The molecule has 0 unspecified atom stereocenters. The Morgan fingerprint density at radius 3 is 2.32 bits per heavy atom. The highest BCUT2D eigenvalue weighted by Crippen LogP contribution is 2.32. The van der Waals surface area contributed by atoms with Crippen molar-refractivity contribution in [1.29, 1.82) is 0 Å². The lowest BCUT2D eigenvalue weighted by Gasteiger charge is -2.12. The predicted octanol–water partition coefficient (Wildman–Crippen LogP) is 3.58. The highest BCUT2D eigenvalue weighted by atomic mass is 19.4. The lowest BCUT2D eigenvalue weighted by atomic mass is 10.0.